The molecule has 1 aliphatic rings. The number of carbonyl (C=O) groups is 1. The van der Waals surface area contributed by atoms with Crippen LogP contribution in [0.2, 0.25) is 0 Å². The molecule has 1 aliphatic carbocycles. The molecule has 2 rings (SSSR count). The fraction of sp³-hybridized carbons (Fsp3) is 0.667. The second-order valence-electron chi connectivity index (χ2n) is 5.66. The lowest BCUT2D eigenvalue weighted by Crippen LogP contribution is -2.40. The number of amides is 1. The summed E-state index contributed by atoms with van der Waals surface area (Å²) in [6.07, 6.45) is 4.16. The van der Waals surface area contributed by atoms with E-state index in [0.717, 1.165) is 25.7 Å². The highest BCUT2D eigenvalue weighted by atomic mass is 35.5. The Morgan fingerprint density at radius 2 is 2.25 bits per heavy atom. The Bertz CT molecular complexity index is 435. The molecule has 1 aromatic rings. The summed E-state index contributed by atoms with van der Waals surface area (Å²) in [7, 11) is 0. The van der Waals surface area contributed by atoms with Crippen molar-refractivity contribution >= 4 is 29.7 Å². The molecule has 5 heteroatoms. The largest absolute Gasteiger partial charge is 0.353 e. The van der Waals surface area contributed by atoms with E-state index in [1.807, 2.05) is 11.3 Å². The van der Waals surface area contributed by atoms with Gasteiger partial charge < -0.3 is 11.1 Å². The maximum absolute atomic E-state index is 12.3. The summed E-state index contributed by atoms with van der Waals surface area (Å²) < 4.78 is 0. The Morgan fingerprint density at radius 1 is 1.50 bits per heavy atom. The number of halogens is 1. The molecule has 114 valence electrons. The molecule has 1 amide bonds. The normalized spacial score (nSPS) is 23.1. The van der Waals surface area contributed by atoms with Gasteiger partial charge in [-0.05, 0) is 51.3 Å². The molecule has 1 fully saturated rings. The molecule has 1 saturated carbocycles. The molecule has 3 N–H and O–H groups in total. The SMILES string of the molecule is Cc1ccc(CC(C)NC(=O)[C@@H]2CCC[C@@H]2CN)s1.Cl. The van der Waals surface area contributed by atoms with Crippen molar-refractivity contribution in [3.8, 4) is 0 Å². The minimum Gasteiger partial charge on any atom is -0.353 e. The van der Waals surface area contributed by atoms with E-state index in [0.29, 0.717) is 12.5 Å². The Balaban J connectivity index is 0.00000200. The van der Waals surface area contributed by atoms with Crippen LogP contribution in [-0.4, -0.2) is 18.5 Å². The number of thiophene rings is 1. The minimum absolute atomic E-state index is 0. The number of nitrogens with one attached hydrogen (secondary N) is 1. The molecule has 0 saturated heterocycles. The van der Waals surface area contributed by atoms with Crippen molar-refractivity contribution in [2.24, 2.45) is 17.6 Å². The summed E-state index contributed by atoms with van der Waals surface area (Å²) in [4.78, 5) is 14.9. The standard InChI is InChI=1S/C15H24N2OS.ClH/c1-10(8-13-7-6-11(2)19-13)17-15(18)14-5-3-4-12(14)9-16;/h6-7,10,12,14H,3-5,8-9,16H2,1-2H3,(H,17,18);1H/t10?,12-,14-;/m1./s1. The Kier molecular flexibility index (Phi) is 7.00. The number of hydrogen-bond acceptors (Lipinski definition) is 3. The molecule has 0 aliphatic heterocycles. The third-order valence-corrected chi connectivity index (χ3v) is 5.01. The van der Waals surface area contributed by atoms with Crippen LogP contribution in [0.5, 0.6) is 0 Å². The minimum atomic E-state index is 0. The predicted molar refractivity (Wildman–Crippen MR) is 87.5 cm³/mol. The van der Waals surface area contributed by atoms with Crippen molar-refractivity contribution in [2.45, 2.75) is 45.6 Å². The zero-order chi connectivity index (χ0) is 13.8. The third-order valence-electron chi connectivity index (χ3n) is 3.99. The highest BCUT2D eigenvalue weighted by Gasteiger charge is 2.32. The molecule has 3 atom stereocenters. The molecule has 3 nitrogen and oxygen atoms in total. The maximum Gasteiger partial charge on any atom is 0.223 e. The Morgan fingerprint density at radius 3 is 2.85 bits per heavy atom. The van der Waals surface area contributed by atoms with E-state index < -0.39 is 0 Å². The van der Waals surface area contributed by atoms with Gasteiger partial charge in [0.15, 0.2) is 0 Å². The molecule has 20 heavy (non-hydrogen) atoms. The van der Waals surface area contributed by atoms with E-state index >= 15 is 0 Å². The monoisotopic (exact) mass is 316 g/mol. The lowest BCUT2D eigenvalue weighted by molar-refractivity contribution is -0.126. The summed E-state index contributed by atoms with van der Waals surface area (Å²) in [5.41, 5.74) is 5.74. The molecule has 0 aromatic carbocycles. The first-order valence-corrected chi connectivity index (χ1v) is 7.97. The van der Waals surface area contributed by atoms with Crippen molar-refractivity contribution in [1.82, 2.24) is 5.32 Å². The van der Waals surface area contributed by atoms with Crippen LogP contribution in [0.1, 0.15) is 35.9 Å². The number of aryl methyl sites for hydroxylation is 1. The quantitative estimate of drug-likeness (QED) is 0.877. The van der Waals surface area contributed by atoms with Gasteiger partial charge in [0.2, 0.25) is 5.91 Å². The number of hydrogen-bond donors (Lipinski definition) is 2. The van der Waals surface area contributed by atoms with Crippen LogP contribution in [0.4, 0.5) is 0 Å². The summed E-state index contributed by atoms with van der Waals surface area (Å²) in [6, 6.07) is 4.49. The van der Waals surface area contributed by atoms with Crippen LogP contribution < -0.4 is 11.1 Å². The van der Waals surface area contributed by atoms with Gasteiger partial charge in [-0.1, -0.05) is 6.42 Å². The number of rotatable bonds is 5. The molecule has 0 bridgehead atoms. The van der Waals surface area contributed by atoms with E-state index in [-0.39, 0.29) is 30.3 Å². The number of carbonyl (C=O) groups excluding carboxylic acids is 1. The van der Waals surface area contributed by atoms with Gasteiger partial charge in [-0.2, -0.15) is 0 Å². The highest BCUT2D eigenvalue weighted by Crippen LogP contribution is 2.31. The fourth-order valence-electron chi connectivity index (χ4n) is 2.96. The van der Waals surface area contributed by atoms with Crippen molar-refractivity contribution in [1.29, 1.82) is 0 Å². The molecule has 0 spiro atoms. The van der Waals surface area contributed by atoms with E-state index in [9.17, 15) is 4.79 Å². The second kappa shape index (κ2) is 8.01. The smallest absolute Gasteiger partial charge is 0.223 e. The maximum atomic E-state index is 12.3. The zero-order valence-corrected chi connectivity index (χ0v) is 13.9. The van der Waals surface area contributed by atoms with Crippen LogP contribution in [0.25, 0.3) is 0 Å². The molecule has 1 heterocycles. The van der Waals surface area contributed by atoms with Crippen LogP contribution in [0, 0.1) is 18.8 Å². The Hall–Kier alpha value is -0.580. The van der Waals surface area contributed by atoms with E-state index in [4.69, 9.17) is 5.73 Å². The molecule has 0 radical (unpaired) electrons. The first kappa shape index (κ1) is 17.5. The summed E-state index contributed by atoms with van der Waals surface area (Å²) in [5.74, 6) is 0.724. The Labute approximate surface area is 131 Å². The van der Waals surface area contributed by atoms with Crippen LogP contribution in [-0.2, 0) is 11.2 Å². The van der Waals surface area contributed by atoms with Crippen LogP contribution in [0.15, 0.2) is 12.1 Å². The highest BCUT2D eigenvalue weighted by molar-refractivity contribution is 7.11. The van der Waals surface area contributed by atoms with Gasteiger partial charge in [0.25, 0.3) is 0 Å². The predicted octanol–water partition coefficient (Wildman–Crippen LogP) is 2.90. The average Bonchev–Trinajstić information content (AvgIpc) is 2.97. The van der Waals surface area contributed by atoms with Gasteiger partial charge in [0, 0.05) is 28.1 Å². The second-order valence-corrected chi connectivity index (χ2v) is 7.03. The average molecular weight is 317 g/mol. The van der Waals surface area contributed by atoms with Crippen molar-refractivity contribution < 1.29 is 4.79 Å². The zero-order valence-electron chi connectivity index (χ0n) is 12.2. The van der Waals surface area contributed by atoms with Gasteiger partial charge in [-0.3, -0.25) is 4.79 Å². The lowest BCUT2D eigenvalue weighted by atomic mass is 9.95. The third kappa shape index (κ3) is 4.47. The van der Waals surface area contributed by atoms with Crippen molar-refractivity contribution in [3.05, 3.63) is 21.9 Å². The summed E-state index contributed by atoms with van der Waals surface area (Å²) in [5, 5.41) is 3.16. The van der Waals surface area contributed by atoms with Crippen molar-refractivity contribution in [2.75, 3.05) is 6.54 Å². The van der Waals surface area contributed by atoms with E-state index in [1.165, 1.54) is 9.75 Å². The topological polar surface area (TPSA) is 55.1 Å². The first-order chi connectivity index (χ1) is 9.10. The van der Waals surface area contributed by atoms with Gasteiger partial charge >= 0.3 is 0 Å². The molecular formula is C15H25ClN2OS. The van der Waals surface area contributed by atoms with Gasteiger partial charge in [-0.15, -0.1) is 23.7 Å². The van der Waals surface area contributed by atoms with Gasteiger partial charge in [0.1, 0.15) is 0 Å². The van der Waals surface area contributed by atoms with Gasteiger partial charge in [-0.25, -0.2) is 0 Å². The van der Waals surface area contributed by atoms with E-state index in [2.05, 4.69) is 31.3 Å². The van der Waals surface area contributed by atoms with Crippen LogP contribution >= 0.6 is 23.7 Å². The molecule has 1 aromatic heterocycles. The summed E-state index contributed by atoms with van der Waals surface area (Å²) >= 11 is 1.81. The summed E-state index contributed by atoms with van der Waals surface area (Å²) in [6.45, 7) is 4.83. The van der Waals surface area contributed by atoms with Crippen LogP contribution in [0.3, 0.4) is 0 Å². The molecular weight excluding hydrogens is 292 g/mol. The lowest BCUT2D eigenvalue weighted by Gasteiger charge is -2.20. The number of nitrogens with two attached hydrogens (primary N) is 1. The molecule has 1 unspecified atom stereocenters. The first-order valence-electron chi connectivity index (χ1n) is 7.16. The fourth-order valence-corrected chi connectivity index (χ4v) is 3.98. The van der Waals surface area contributed by atoms with Gasteiger partial charge in [0.05, 0.1) is 0 Å². The van der Waals surface area contributed by atoms with E-state index in [1.54, 1.807) is 0 Å². The van der Waals surface area contributed by atoms with Crippen molar-refractivity contribution in [3.63, 3.8) is 0 Å².